The molecule has 2 aromatic carbocycles. The van der Waals surface area contributed by atoms with Gasteiger partial charge in [0.15, 0.2) is 0 Å². The van der Waals surface area contributed by atoms with Crippen LogP contribution in [0.25, 0.3) is 0 Å². The van der Waals surface area contributed by atoms with Crippen LogP contribution in [0.5, 0.6) is 0 Å². The summed E-state index contributed by atoms with van der Waals surface area (Å²) >= 11 is 7.63. The molecule has 0 spiro atoms. The number of nitrogens with one attached hydrogen (secondary N) is 1. The number of benzene rings is 2. The van der Waals surface area contributed by atoms with E-state index in [-0.39, 0.29) is 11.7 Å². The van der Waals surface area contributed by atoms with Crippen molar-refractivity contribution in [3.05, 3.63) is 53.6 Å². The van der Waals surface area contributed by atoms with Gasteiger partial charge in [-0.3, -0.25) is 9.10 Å². The number of carbonyl (C=O) groups excluding carboxylic acids is 1. The molecule has 0 aliphatic carbocycles. The van der Waals surface area contributed by atoms with Crippen LogP contribution in [0, 0.1) is 0 Å². The van der Waals surface area contributed by atoms with Crippen LogP contribution in [0.15, 0.2) is 53.4 Å². The van der Waals surface area contributed by atoms with E-state index in [1.165, 1.54) is 16.1 Å². The molecule has 8 heteroatoms. The summed E-state index contributed by atoms with van der Waals surface area (Å²) in [6.07, 6.45) is 1.00. The van der Waals surface area contributed by atoms with E-state index in [0.29, 0.717) is 41.5 Å². The Hall–Kier alpha value is -1.70. The molecule has 2 aromatic rings. The highest BCUT2D eigenvalue weighted by Crippen LogP contribution is 2.27. The molecule has 1 fully saturated rings. The largest absolute Gasteiger partial charge is 0.326 e. The highest BCUT2D eigenvalue weighted by atomic mass is 35.5. The number of hydrogen-bond donors (Lipinski definition) is 1. The maximum absolute atomic E-state index is 12.1. The Morgan fingerprint density at radius 3 is 2.54 bits per heavy atom. The molecule has 1 amide bonds. The van der Waals surface area contributed by atoms with Crippen LogP contribution in [0.1, 0.15) is 12.8 Å². The molecule has 0 aromatic heterocycles. The third-order valence-electron chi connectivity index (χ3n) is 3.96. The minimum absolute atomic E-state index is 0.0916. The van der Waals surface area contributed by atoms with Crippen LogP contribution in [0.4, 0.5) is 11.4 Å². The number of amides is 1. The molecular formula is C18H19ClN2O3S2. The predicted octanol–water partition coefficient (Wildman–Crippen LogP) is 4.00. The van der Waals surface area contributed by atoms with Crippen LogP contribution < -0.4 is 9.62 Å². The third-order valence-corrected chi connectivity index (χ3v) is 7.35. The van der Waals surface area contributed by atoms with E-state index in [1.54, 1.807) is 24.3 Å². The fraction of sp³-hybridized carbons (Fsp3) is 0.278. The zero-order valence-corrected chi connectivity index (χ0v) is 16.4. The van der Waals surface area contributed by atoms with E-state index in [9.17, 15) is 13.2 Å². The maximum Gasteiger partial charge on any atom is 0.235 e. The predicted molar refractivity (Wildman–Crippen MR) is 108 cm³/mol. The Morgan fingerprint density at radius 2 is 1.88 bits per heavy atom. The Labute approximate surface area is 162 Å². The summed E-state index contributed by atoms with van der Waals surface area (Å²) in [5, 5.41) is 3.51. The minimum atomic E-state index is -3.19. The van der Waals surface area contributed by atoms with Crippen LogP contribution in [-0.4, -0.2) is 32.4 Å². The lowest BCUT2D eigenvalue weighted by Gasteiger charge is -2.17. The summed E-state index contributed by atoms with van der Waals surface area (Å²) in [6, 6.07) is 14.4. The van der Waals surface area contributed by atoms with Gasteiger partial charge in [-0.15, -0.1) is 11.8 Å². The van der Waals surface area contributed by atoms with Crippen molar-refractivity contribution in [1.82, 2.24) is 0 Å². The molecule has 0 unspecified atom stereocenters. The number of sulfonamides is 1. The number of thioether (sulfide) groups is 1. The fourth-order valence-electron chi connectivity index (χ4n) is 2.68. The Morgan fingerprint density at radius 1 is 1.15 bits per heavy atom. The first-order valence-electron chi connectivity index (χ1n) is 8.23. The first-order chi connectivity index (χ1) is 12.5. The topological polar surface area (TPSA) is 66.5 Å². The summed E-state index contributed by atoms with van der Waals surface area (Å²) in [5.41, 5.74) is 1.29. The van der Waals surface area contributed by atoms with Crippen molar-refractivity contribution in [3.8, 4) is 0 Å². The zero-order chi connectivity index (χ0) is 18.6. The van der Waals surface area contributed by atoms with Gasteiger partial charge in [-0.1, -0.05) is 23.7 Å². The fourth-order valence-corrected chi connectivity index (χ4v) is 5.43. The van der Waals surface area contributed by atoms with Gasteiger partial charge in [0.1, 0.15) is 0 Å². The molecule has 138 valence electrons. The van der Waals surface area contributed by atoms with Crippen molar-refractivity contribution in [2.24, 2.45) is 0 Å². The highest BCUT2D eigenvalue weighted by Gasteiger charge is 2.28. The molecule has 26 heavy (non-hydrogen) atoms. The van der Waals surface area contributed by atoms with Gasteiger partial charge in [0.25, 0.3) is 0 Å². The molecule has 3 rings (SSSR count). The molecule has 1 aliphatic heterocycles. The first-order valence-corrected chi connectivity index (χ1v) is 11.2. The van der Waals surface area contributed by atoms with Crippen molar-refractivity contribution < 1.29 is 13.2 Å². The van der Waals surface area contributed by atoms with Crippen LogP contribution >= 0.6 is 23.4 Å². The van der Waals surface area contributed by atoms with Crippen molar-refractivity contribution in [2.75, 3.05) is 27.7 Å². The minimum Gasteiger partial charge on any atom is -0.326 e. The third kappa shape index (κ3) is 4.72. The van der Waals surface area contributed by atoms with Gasteiger partial charge < -0.3 is 5.32 Å². The number of carbonyl (C=O) groups is 1. The van der Waals surface area contributed by atoms with E-state index in [1.807, 2.05) is 24.3 Å². The molecule has 5 nitrogen and oxygen atoms in total. The van der Waals surface area contributed by atoms with E-state index in [0.717, 1.165) is 4.90 Å². The Kier molecular flexibility index (Phi) is 6.11. The second-order valence-corrected chi connectivity index (χ2v) is 9.42. The quantitative estimate of drug-likeness (QED) is 0.731. The molecule has 0 radical (unpaired) electrons. The van der Waals surface area contributed by atoms with Crippen LogP contribution in [0.3, 0.4) is 0 Å². The molecule has 1 heterocycles. The first kappa shape index (κ1) is 19.1. The number of rotatable bonds is 6. The lowest BCUT2D eigenvalue weighted by atomic mass is 10.2. The van der Waals surface area contributed by atoms with E-state index in [2.05, 4.69) is 5.32 Å². The van der Waals surface area contributed by atoms with Gasteiger partial charge in [0.2, 0.25) is 15.9 Å². The molecule has 0 atom stereocenters. The molecule has 1 aliphatic rings. The average Bonchev–Trinajstić information content (AvgIpc) is 2.96. The van der Waals surface area contributed by atoms with Crippen LogP contribution in [-0.2, 0) is 14.8 Å². The molecular weight excluding hydrogens is 392 g/mol. The van der Waals surface area contributed by atoms with Gasteiger partial charge in [-0.2, -0.15) is 0 Å². The monoisotopic (exact) mass is 410 g/mol. The average molecular weight is 411 g/mol. The number of nitrogens with zero attached hydrogens (tertiary/aromatic N) is 1. The Balaban J connectivity index is 1.51. The van der Waals surface area contributed by atoms with Gasteiger partial charge in [0, 0.05) is 29.3 Å². The number of anilines is 2. The second-order valence-electron chi connectivity index (χ2n) is 5.87. The highest BCUT2D eigenvalue weighted by molar-refractivity contribution is 7.99. The van der Waals surface area contributed by atoms with Crippen LogP contribution in [0.2, 0.25) is 5.02 Å². The van der Waals surface area contributed by atoms with E-state index < -0.39 is 10.0 Å². The normalized spacial score (nSPS) is 15.8. The summed E-state index contributed by atoms with van der Waals surface area (Å²) < 4.78 is 25.3. The standard InChI is InChI=1S/C18H19ClN2O3S2/c19-16-4-1-2-5-17(16)25-12-10-18(22)20-14-6-8-15(9-7-14)21-11-3-13-26(21,23)24/h1-2,4-9H,3,10-13H2,(H,20,22). The van der Waals surface area contributed by atoms with Gasteiger partial charge >= 0.3 is 0 Å². The van der Waals surface area contributed by atoms with Crippen molar-refractivity contribution in [2.45, 2.75) is 17.7 Å². The molecule has 0 saturated carbocycles. The maximum atomic E-state index is 12.1. The number of hydrogen-bond acceptors (Lipinski definition) is 4. The Bertz CT molecular complexity index is 886. The van der Waals surface area contributed by atoms with Crippen molar-refractivity contribution in [3.63, 3.8) is 0 Å². The smallest absolute Gasteiger partial charge is 0.235 e. The zero-order valence-electron chi connectivity index (χ0n) is 14.0. The van der Waals surface area contributed by atoms with Crippen molar-refractivity contribution in [1.29, 1.82) is 0 Å². The van der Waals surface area contributed by atoms with Gasteiger partial charge in [0.05, 0.1) is 16.5 Å². The molecule has 1 saturated heterocycles. The number of halogens is 1. The molecule has 1 N–H and O–H groups in total. The van der Waals surface area contributed by atoms with Gasteiger partial charge in [-0.25, -0.2) is 8.42 Å². The molecule has 0 bridgehead atoms. The SMILES string of the molecule is O=C(CCSc1ccccc1Cl)Nc1ccc(N2CCCS2(=O)=O)cc1. The van der Waals surface area contributed by atoms with E-state index >= 15 is 0 Å². The van der Waals surface area contributed by atoms with Crippen molar-refractivity contribution >= 4 is 50.7 Å². The lowest BCUT2D eigenvalue weighted by molar-refractivity contribution is -0.115. The lowest BCUT2D eigenvalue weighted by Crippen LogP contribution is -2.25. The second kappa shape index (κ2) is 8.33. The van der Waals surface area contributed by atoms with Gasteiger partial charge in [-0.05, 0) is 42.8 Å². The summed E-state index contributed by atoms with van der Waals surface area (Å²) in [7, 11) is -3.19. The summed E-state index contributed by atoms with van der Waals surface area (Å²) in [5.74, 6) is 0.722. The summed E-state index contributed by atoms with van der Waals surface area (Å²) in [6.45, 7) is 0.507. The summed E-state index contributed by atoms with van der Waals surface area (Å²) in [4.78, 5) is 13.0. The van der Waals surface area contributed by atoms with E-state index in [4.69, 9.17) is 11.6 Å².